The van der Waals surface area contributed by atoms with Crippen LogP contribution in [0, 0.1) is 0 Å². The minimum Gasteiger partial charge on any atom is -0.489 e. The van der Waals surface area contributed by atoms with Crippen molar-refractivity contribution in [2.45, 2.75) is 13.5 Å². The summed E-state index contributed by atoms with van der Waals surface area (Å²) in [6.07, 6.45) is 0. The van der Waals surface area contributed by atoms with Crippen molar-refractivity contribution in [3.05, 3.63) is 27.7 Å². The highest BCUT2D eigenvalue weighted by molar-refractivity contribution is 6.35. The standard InChI is InChI=1S/C12H17Cl2NO2/c1-3-16-4-5-17-12-9(8-15-2)6-10(13)7-11(12)14/h6-7,15H,3-5,8H2,1-2H3. The molecule has 0 bridgehead atoms. The van der Waals surface area contributed by atoms with Gasteiger partial charge in [0.05, 0.1) is 11.6 Å². The molecule has 17 heavy (non-hydrogen) atoms. The lowest BCUT2D eigenvalue weighted by Gasteiger charge is -2.13. The molecule has 1 aromatic carbocycles. The summed E-state index contributed by atoms with van der Waals surface area (Å²) in [5, 5.41) is 4.19. The highest BCUT2D eigenvalue weighted by atomic mass is 35.5. The minimum atomic E-state index is 0.478. The van der Waals surface area contributed by atoms with Crippen molar-refractivity contribution in [1.82, 2.24) is 5.32 Å². The van der Waals surface area contributed by atoms with Crippen LogP contribution in [-0.4, -0.2) is 26.9 Å². The molecule has 3 nitrogen and oxygen atoms in total. The van der Waals surface area contributed by atoms with E-state index in [4.69, 9.17) is 32.7 Å². The minimum absolute atomic E-state index is 0.478. The fourth-order valence-corrected chi connectivity index (χ4v) is 2.03. The Morgan fingerprint density at radius 1 is 1.24 bits per heavy atom. The summed E-state index contributed by atoms with van der Waals surface area (Å²) in [6.45, 7) is 4.31. The van der Waals surface area contributed by atoms with Gasteiger partial charge >= 0.3 is 0 Å². The van der Waals surface area contributed by atoms with Crippen LogP contribution in [0.5, 0.6) is 5.75 Å². The van der Waals surface area contributed by atoms with Crippen LogP contribution >= 0.6 is 23.2 Å². The smallest absolute Gasteiger partial charge is 0.142 e. The molecular weight excluding hydrogens is 261 g/mol. The quantitative estimate of drug-likeness (QED) is 0.777. The second kappa shape index (κ2) is 7.77. The van der Waals surface area contributed by atoms with E-state index in [1.807, 2.05) is 20.0 Å². The van der Waals surface area contributed by atoms with Gasteiger partial charge in [-0.3, -0.25) is 0 Å². The van der Waals surface area contributed by atoms with E-state index in [1.165, 1.54) is 0 Å². The fraction of sp³-hybridized carbons (Fsp3) is 0.500. The second-order valence-electron chi connectivity index (χ2n) is 3.45. The molecule has 0 heterocycles. The van der Waals surface area contributed by atoms with Crippen molar-refractivity contribution in [1.29, 1.82) is 0 Å². The maximum Gasteiger partial charge on any atom is 0.142 e. The van der Waals surface area contributed by atoms with Gasteiger partial charge in [-0.2, -0.15) is 0 Å². The molecule has 0 aliphatic rings. The third-order valence-electron chi connectivity index (χ3n) is 2.13. The lowest BCUT2D eigenvalue weighted by molar-refractivity contribution is 0.110. The predicted molar refractivity (Wildman–Crippen MR) is 71.2 cm³/mol. The van der Waals surface area contributed by atoms with E-state index in [1.54, 1.807) is 6.07 Å². The first-order valence-corrected chi connectivity index (χ1v) is 6.27. The molecule has 0 radical (unpaired) electrons. The summed E-state index contributed by atoms with van der Waals surface area (Å²) in [5.74, 6) is 0.671. The monoisotopic (exact) mass is 277 g/mol. The molecule has 0 saturated carbocycles. The molecule has 1 N–H and O–H groups in total. The van der Waals surface area contributed by atoms with Crippen LogP contribution in [-0.2, 0) is 11.3 Å². The van der Waals surface area contributed by atoms with Crippen molar-refractivity contribution < 1.29 is 9.47 Å². The van der Waals surface area contributed by atoms with Crippen LogP contribution in [0.3, 0.4) is 0 Å². The van der Waals surface area contributed by atoms with Crippen molar-refractivity contribution in [2.24, 2.45) is 0 Å². The van der Waals surface area contributed by atoms with Gasteiger partial charge in [0.25, 0.3) is 0 Å². The largest absolute Gasteiger partial charge is 0.489 e. The van der Waals surface area contributed by atoms with Gasteiger partial charge < -0.3 is 14.8 Å². The molecule has 0 atom stereocenters. The zero-order chi connectivity index (χ0) is 12.7. The highest BCUT2D eigenvalue weighted by Crippen LogP contribution is 2.32. The Balaban J connectivity index is 2.73. The van der Waals surface area contributed by atoms with Gasteiger partial charge in [0.1, 0.15) is 12.4 Å². The van der Waals surface area contributed by atoms with Gasteiger partial charge in [-0.05, 0) is 26.1 Å². The summed E-state index contributed by atoms with van der Waals surface area (Å²) in [4.78, 5) is 0. The Bertz CT molecular complexity index is 359. The number of hydrogen-bond donors (Lipinski definition) is 1. The van der Waals surface area contributed by atoms with Crippen LogP contribution in [0.25, 0.3) is 0 Å². The number of halogens is 2. The first kappa shape index (κ1) is 14.6. The molecule has 0 aromatic heterocycles. The molecule has 0 aliphatic carbocycles. The third kappa shape index (κ3) is 4.72. The summed E-state index contributed by atoms with van der Waals surface area (Å²) in [5.41, 5.74) is 0.946. The van der Waals surface area contributed by atoms with E-state index in [0.717, 1.165) is 5.56 Å². The maximum atomic E-state index is 6.11. The van der Waals surface area contributed by atoms with Gasteiger partial charge in [0, 0.05) is 23.7 Å². The summed E-state index contributed by atoms with van der Waals surface area (Å²) < 4.78 is 10.8. The Morgan fingerprint density at radius 3 is 2.65 bits per heavy atom. The van der Waals surface area contributed by atoms with E-state index >= 15 is 0 Å². The maximum absolute atomic E-state index is 6.11. The second-order valence-corrected chi connectivity index (χ2v) is 4.30. The molecular formula is C12H17Cl2NO2. The van der Waals surface area contributed by atoms with Crippen LogP contribution in [0.1, 0.15) is 12.5 Å². The van der Waals surface area contributed by atoms with E-state index in [2.05, 4.69) is 5.32 Å². The molecule has 0 saturated heterocycles. The SMILES string of the molecule is CCOCCOc1c(Cl)cc(Cl)cc1CNC. The average molecular weight is 278 g/mol. The molecule has 0 fully saturated rings. The van der Waals surface area contributed by atoms with Crippen LogP contribution < -0.4 is 10.1 Å². The molecule has 5 heteroatoms. The van der Waals surface area contributed by atoms with Crippen LogP contribution in [0.15, 0.2) is 12.1 Å². The average Bonchev–Trinajstić information content (AvgIpc) is 2.27. The Labute approximate surface area is 112 Å². The Hall–Kier alpha value is -0.480. The van der Waals surface area contributed by atoms with E-state index in [-0.39, 0.29) is 0 Å². The molecule has 0 amide bonds. The zero-order valence-corrected chi connectivity index (χ0v) is 11.6. The molecule has 0 aliphatic heterocycles. The third-order valence-corrected chi connectivity index (χ3v) is 2.63. The normalized spacial score (nSPS) is 10.6. The number of benzene rings is 1. The van der Waals surface area contributed by atoms with Gasteiger partial charge in [0.15, 0.2) is 0 Å². The molecule has 1 aromatic rings. The Morgan fingerprint density at radius 2 is 2.00 bits per heavy atom. The Kier molecular flexibility index (Phi) is 6.66. The van der Waals surface area contributed by atoms with Crippen molar-refractivity contribution in [3.8, 4) is 5.75 Å². The molecule has 96 valence electrons. The van der Waals surface area contributed by atoms with Crippen molar-refractivity contribution in [2.75, 3.05) is 26.9 Å². The molecule has 0 spiro atoms. The number of nitrogens with one attached hydrogen (secondary N) is 1. The summed E-state index contributed by atoms with van der Waals surface area (Å²) in [7, 11) is 1.86. The van der Waals surface area contributed by atoms with E-state index in [0.29, 0.717) is 42.2 Å². The fourth-order valence-electron chi connectivity index (χ4n) is 1.44. The first-order chi connectivity index (χ1) is 8.19. The molecule has 1 rings (SSSR count). The van der Waals surface area contributed by atoms with Gasteiger partial charge in [-0.25, -0.2) is 0 Å². The van der Waals surface area contributed by atoms with E-state index < -0.39 is 0 Å². The van der Waals surface area contributed by atoms with Gasteiger partial charge in [-0.1, -0.05) is 23.2 Å². The van der Waals surface area contributed by atoms with Crippen LogP contribution in [0.2, 0.25) is 10.0 Å². The molecule has 0 unspecified atom stereocenters. The summed E-state index contributed by atoms with van der Waals surface area (Å²) >= 11 is 12.1. The summed E-state index contributed by atoms with van der Waals surface area (Å²) in [6, 6.07) is 3.53. The highest BCUT2D eigenvalue weighted by Gasteiger charge is 2.10. The van der Waals surface area contributed by atoms with Gasteiger partial charge in [-0.15, -0.1) is 0 Å². The van der Waals surface area contributed by atoms with Crippen molar-refractivity contribution >= 4 is 23.2 Å². The zero-order valence-electron chi connectivity index (χ0n) is 10.1. The van der Waals surface area contributed by atoms with Crippen molar-refractivity contribution in [3.63, 3.8) is 0 Å². The number of rotatable bonds is 7. The first-order valence-electron chi connectivity index (χ1n) is 5.52. The number of ether oxygens (including phenoxy) is 2. The lowest BCUT2D eigenvalue weighted by atomic mass is 10.2. The number of hydrogen-bond acceptors (Lipinski definition) is 3. The topological polar surface area (TPSA) is 30.5 Å². The lowest BCUT2D eigenvalue weighted by Crippen LogP contribution is -2.11. The predicted octanol–water partition coefficient (Wildman–Crippen LogP) is 3.13. The van der Waals surface area contributed by atoms with Crippen LogP contribution in [0.4, 0.5) is 0 Å². The van der Waals surface area contributed by atoms with E-state index in [9.17, 15) is 0 Å². The van der Waals surface area contributed by atoms with Gasteiger partial charge in [0.2, 0.25) is 0 Å².